The summed E-state index contributed by atoms with van der Waals surface area (Å²) >= 11 is 6.19. The van der Waals surface area contributed by atoms with Crippen LogP contribution in [0.3, 0.4) is 0 Å². The lowest BCUT2D eigenvalue weighted by Crippen LogP contribution is -2.12. The van der Waals surface area contributed by atoms with E-state index in [0.29, 0.717) is 5.56 Å². The molecule has 0 spiro atoms. The van der Waals surface area contributed by atoms with Crippen molar-refractivity contribution in [3.8, 4) is 0 Å². The van der Waals surface area contributed by atoms with Gasteiger partial charge in [0.1, 0.15) is 11.7 Å². The SMILES string of the molecule is Cc1nsc(Sc2ccc(Br)cc2C(=N)N)n1. The first-order valence-electron chi connectivity index (χ1n) is 4.68. The first-order chi connectivity index (χ1) is 8.06. The van der Waals surface area contributed by atoms with Gasteiger partial charge in [0, 0.05) is 14.9 Å². The lowest BCUT2D eigenvalue weighted by Gasteiger charge is -2.06. The second-order valence-electron chi connectivity index (χ2n) is 3.26. The zero-order valence-electron chi connectivity index (χ0n) is 8.90. The third-order valence-electron chi connectivity index (χ3n) is 1.94. The smallest absolute Gasteiger partial charge is 0.174 e. The van der Waals surface area contributed by atoms with E-state index in [1.807, 2.05) is 25.1 Å². The number of nitrogens with one attached hydrogen (secondary N) is 1. The van der Waals surface area contributed by atoms with E-state index in [0.717, 1.165) is 19.5 Å². The third-order valence-corrected chi connectivity index (χ3v) is 4.35. The van der Waals surface area contributed by atoms with E-state index in [1.54, 1.807) is 0 Å². The van der Waals surface area contributed by atoms with Gasteiger partial charge in [-0.2, -0.15) is 4.37 Å². The summed E-state index contributed by atoms with van der Waals surface area (Å²) in [5.41, 5.74) is 6.26. The number of aryl methyl sites for hydroxylation is 1. The van der Waals surface area contributed by atoms with Crippen LogP contribution < -0.4 is 5.73 Å². The molecule has 0 unspecified atom stereocenters. The van der Waals surface area contributed by atoms with E-state index < -0.39 is 0 Å². The second-order valence-corrected chi connectivity index (χ2v) is 6.22. The highest BCUT2D eigenvalue weighted by molar-refractivity contribution is 9.10. The van der Waals surface area contributed by atoms with Crippen LogP contribution in [0.15, 0.2) is 31.9 Å². The Hall–Kier alpha value is -0.920. The standard InChI is InChI=1S/C10H9BrN4S2/c1-5-14-10(17-15-5)16-8-3-2-6(11)4-7(8)9(12)13/h2-4H,1H3,(H3,12,13). The minimum atomic E-state index is 0.0510. The van der Waals surface area contributed by atoms with Gasteiger partial charge in [0.25, 0.3) is 0 Å². The van der Waals surface area contributed by atoms with Crippen molar-refractivity contribution in [2.24, 2.45) is 5.73 Å². The van der Waals surface area contributed by atoms with Gasteiger partial charge >= 0.3 is 0 Å². The molecule has 0 fully saturated rings. The lowest BCUT2D eigenvalue weighted by molar-refractivity contribution is 1.10. The van der Waals surface area contributed by atoms with Gasteiger partial charge in [-0.05, 0) is 36.7 Å². The van der Waals surface area contributed by atoms with Crippen LogP contribution >= 0.6 is 39.2 Å². The Balaban J connectivity index is 2.35. The zero-order valence-corrected chi connectivity index (χ0v) is 12.1. The molecule has 88 valence electrons. The number of hydrogen-bond donors (Lipinski definition) is 2. The van der Waals surface area contributed by atoms with Crippen molar-refractivity contribution in [1.82, 2.24) is 9.36 Å². The average Bonchev–Trinajstić information content (AvgIpc) is 2.66. The second kappa shape index (κ2) is 5.16. The monoisotopic (exact) mass is 328 g/mol. The molecule has 0 radical (unpaired) electrons. The van der Waals surface area contributed by atoms with Crippen LogP contribution in [0.5, 0.6) is 0 Å². The van der Waals surface area contributed by atoms with E-state index in [2.05, 4.69) is 25.3 Å². The minimum Gasteiger partial charge on any atom is -0.384 e. The van der Waals surface area contributed by atoms with Crippen LogP contribution in [0.25, 0.3) is 0 Å². The number of aromatic nitrogens is 2. The highest BCUT2D eigenvalue weighted by Crippen LogP contribution is 2.32. The first kappa shape index (κ1) is 12.5. The predicted molar refractivity (Wildman–Crippen MR) is 73.9 cm³/mol. The molecule has 1 aromatic carbocycles. The summed E-state index contributed by atoms with van der Waals surface area (Å²) in [5.74, 6) is 0.814. The predicted octanol–water partition coefficient (Wildman–Crippen LogP) is 3.04. The summed E-state index contributed by atoms with van der Waals surface area (Å²) < 4.78 is 5.88. The number of nitrogens with two attached hydrogens (primary N) is 1. The highest BCUT2D eigenvalue weighted by Gasteiger charge is 2.10. The Labute approximate surface area is 115 Å². The summed E-state index contributed by atoms with van der Waals surface area (Å²) in [6.07, 6.45) is 0. The lowest BCUT2D eigenvalue weighted by atomic mass is 10.2. The van der Waals surface area contributed by atoms with E-state index in [9.17, 15) is 0 Å². The Morgan fingerprint density at radius 3 is 2.88 bits per heavy atom. The maximum atomic E-state index is 7.55. The molecule has 0 aliphatic heterocycles. The number of benzene rings is 1. The van der Waals surface area contributed by atoms with Crippen molar-refractivity contribution in [2.45, 2.75) is 16.2 Å². The first-order valence-corrected chi connectivity index (χ1v) is 7.06. The van der Waals surface area contributed by atoms with Crippen LogP contribution in [0.4, 0.5) is 0 Å². The molecule has 4 nitrogen and oxygen atoms in total. The van der Waals surface area contributed by atoms with Gasteiger partial charge in [0.15, 0.2) is 4.34 Å². The van der Waals surface area contributed by atoms with Gasteiger partial charge in [-0.15, -0.1) is 0 Å². The fraction of sp³-hybridized carbons (Fsp3) is 0.100. The molecule has 17 heavy (non-hydrogen) atoms. The molecule has 0 aliphatic rings. The molecule has 0 bridgehead atoms. The van der Waals surface area contributed by atoms with Gasteiger partial charge in [0.2, 0.25) is 0 Å². The van der Waals surface area contributed by atoms with Crippen LogP contribution in [0.1, 0.15) is 11.4 Å². The van der Waals surface area contributed by atoms with Gasteiger partial charge in [-0.1, -0.05) is 27.7 Å². The molecule has 3 N–H and O–H groups in total. The molecule has 7 heteroatoms. The molecule has 0 aliphatic carbocycles. The van der Waals surface area contributed by atoms with E-state index in [1.165, 1.54) is 23.3 Å². The topological polar surface area (TPSA) is 75.7 Å². The molecule has 2 aromatic rings. The van der Waals surface area contributed by atoms with Crippen LogP contribution in [0, 0.1) is 12.3 Å². The Morgan fingerprint density at radius 1 is 1.53 bits per heavy atom. The molecule has 1 heterocycles. The number of rotatable bonds is 3. The van der Waals surface area contributed by atoms with Crippen LogP contribution in [0.2, 0.25) is 0 Å². The van der Waals surface area contributed by atoms with Crippen molar-refractivity contribution in [3.05, 3.63) is 34.1 Å². The summed E-state index contributed by atoms with van der Waals surface area (Å²) in [6, 6.07) is 5.67. The fourth-order valence-corrected chi connectivity index (χ4v) is 3.31. The molecular weight excluding hydrogens is 320 g/mol. The number of amidine groups is 1. The third kappa shape index (κ3) is 3.05. The van der Waals surface area contributed by atoms with Gasteiger partial charge in [-0.3, -0.25) is 5.41 Å². The van der Waals surface area contributed by atoms with Crippen molar-refractivity contribution in [1.29, 1.82) is 5.41 Å². The summed E-state index contributed by atoms with van der Waals surface area (Å²) in [5, 5.41) is 7.55. The van der Waals surface area contributed by atoms with Crippen LogP contribution in [-0.2, 0) is 0 Å². The molecule has 2 rings (SSSR count). The fourth-order valence-electron chi connectivity index (χ4n) is 1.22. The zero-order chi connectivity index (χ0) is 12.4. The average molecular weight is 329 g/mol. The Kier molecular flexibility index (Phi) is 3.80. The normalized spacial score (nSPS) is 10.5. The van der Waals surface area contributed by atoms with Crippen molar-refractivity contribution in [3.63, 3.8) is 0 Å². The maximum absolute atomic E-state index is 7.55. The maximum Gasteiger partial charge on any atom is 0.174 e. The van der Waals surface area contributed by atoms with E-state index in [4.69, 9.17) is 11.1 Å². The van der Waals surface area contributed by atoms with Crippen LogP contribution in [-0.4, -0.2) is 15.2 Å². The van der Waals surface area contributed by atoms with Gasteiger partial charge in [-0.25, -0.2) is 4.98 Å². The number of halogens is 1. The quantitative estimate of drug-likeness (QED) is 0.670. The Morgan fingerprint density at radius 2 is 2.29 bits per heavy atom. The van der Waals surface area contributed by atoms with E-state index >= 15 is 0 Å². The van der Waals surface area contributed by atoms with Crippen molar-refractivity contribution in [2.75, 3.05) is 0 Å². The van der Waals surface area contributed by atoms with E-state index in [-0.39, 0.29) is 5.84 Å². The van der Waals surface area contributed by atoms with Crippen molar-refractivity contribution >= 4 is 45.1 Å². The minimum absolute atomic E-state index is 0.0510. The highest BCUT2D eigenvalue weighted by atomic mass is 79.9. The van der Waals surface area contributed by atoms with Crippen molar-refractivity contribution < 1.29 is 0 Å². The number of hydrogen-bond acceptors (Lipinski definition) is 5. The van der Waals surface area contributed by atoms with Gasteiger partial charge < -0.3 is 5.73 Å². The number of nitrogens with zero attached hydrogens (tertiary/aromatic N) is 2. The summed E-state index contributed by atoms with van der Waals surface area (Å²) in [4.78, 5) is 5.19. The molecule has 0 atom stereocenters. The summed E-state index contributed by atoms with van der Waals surface area (Å²) in [6.45, 7) is 1.86. The molecule has 1 aromatic heterocycles. The largest absolute Gasteiger partial charge is 0.384 e. The molecule has 0 amide bonds. The number of nitrogen functional groups attached to an aromatic ring is 1. The molecular formula is C10H9BrN4S2. The molecule has 0 saturated carbocycles. The Bertz CT molecular complexity index is 567. The van der Waals surface area contributed by atoms with Gasteiger partial charge in [0.05, 0.1) is 0 Å². The summed E-state index contributed by atoms with van der Waals surface area (Å²) in [7, 11) is 0. The molecule has 0 saturated heterocycles.